The molecule has 0 radical (unpaired) electrons. The van der Waals surface area contributed by atoms with E-state index in [-0.39, 0.29) is 24.4 Å². The summed E-state index contributed by atoms with van der Waals surface area (Å²) in [7, 11) is 0. The molecule has 9 nitrogen and oxygen atoms in total. The Morgan fingerprint density at radius 1 is 1.07 bits per heavy atom. The molecule has 2 rings (SSSR count). The van der Waals surface area contributed by atoms with Gasteiger partial charge in [0.15, 0.2) is 0 Å². The summed E-state index contributed by atoms with van der Waals surface area (Å²) in [5, 5.41) is 36.3. The summed E-state index contributed by atoms with van der Waals surface area (Å²) in [5.41, 5.74) is 1.27. The van der Waals surface area contributed by atoms with Crippen LogP contribution in [0, 0.1) is 0 Å². The number of hydrogen-bond acceptors (Lipinski definition) is 7. The third-order valence-corrected chi connectivity index (χ3v) is 3.75. The van der Waals surface area contributed by atoms with Crippen molar-refractivity contribution >= 4 is 23.9 Å². The zero-order valence-electron chi connectivity index (χ0n) is 14.9. The monoisotopic (exact) mass is 387 g/mol. The highest BCUT2D eigenvalue weighted by Crippen LogP contribution is 2.25. The maximum Gasteiger partial charge on any atom is 0.407 e. The molecule has 0 aliphatic rings. The molecule has 0 fully saturated rings. The number of amides is 2. The number of carbonyl (C=O) groups is 2. The van der Waals surface area contributed by atoms with Crippen LogP contribution in [0.25, 0.3) is 0 Å². The first-order valence-electron chi connectivity index (χ1n) is 8.39. The van der Waals surface area contributed by atoms with Gasteiger partial charge in [-0.05, 0) is 11.6 Å². The topological polar surface area (TPSA) is 140 Å². The number of ether oxygens (including phenoxy) is 1. The zero-order chi connectivity index (χ0) is 20.4. The van der Waals surface area contributed by atoms with Gasteiger partial charge < -0.3 is 30.8 Å². The number of para-hydroxylation sites is 1. The van der Waals surface area contributed by atoms with E-state index in [1.54, 1.807) is 24.3 Å². The largest absolute Gasteiger partial charge is 0.445 e. The fourth-order valence-corrected chi connectivity index (χ4v) is 2.37. The Kier molecular flexibility index (Phi) is 7.94. The molecule has 0 saturated carbocycles. The molecular formula is C19H21N3O6. The molecule has 0 heterocycles. The molecule has 2 atom stereocenters. The van der Waals surface area contributed by atoms with Crippen molar-refractivity contribution in [2.24, 2.45) is 5.16 Å². The molecule has 28 heavy (non-hydrogen) atoms. The normalized spacial score (nSPS) is 12.9. The van der Waals surface area contributed by atoms with Crippen LogP contribution in [0.15, 0.2) is 59.8 Å². The van der Waals surface area contributed by atoms with Crippen molar-refractivity contribution in [3.8, 4) is 0 Å². The van der Waals surface area contributed by atoms with E-state index in [9.17, 15) is 19.8 Å². The van der Waals surface area contributed by atoms with E-state index in [0.717, 1.165) is 5.56 Å². The summed E-state index contributed by atoms with van der Waals surface area (Å²) in [6.07, 6.45) is -2.83. The number of carbonyl (C=O) groups excluding carboxylic acids is 2. The Hall–Kier alpha value is -3.43. The molecule has 0 aromatic heterocycles. The number of hydrogen-bond donors (Lipinski definition) is 5. The van der Waals surface area contributed by atoms with Gasteiger partial charge in [-0.1, -0.05) is 53.7 Å². The zero-order valence-corrected chi connectivity index (χ0v) is 14.9. The van der Waals surface area contributed by atoms with Gasteiger partial charge in [0.1, 0.15) is 25.0 Å². The second-order valence-electron chi connectivity index (χ2n) is 5.78. The number of benzene rings is 2. The van der Waals surface area contributed by atoms with Crippen molar-refractivity contribution in [3.63, 3.8) is 0 Å². The SMILES string of the molecule is O=C(C=NO)Nc1ccccc1C(O)C(O)CNC(=O)OCc1ccccc1. The minimum absolute atomic E-state index is 0.0760. The second kappa shape index (κ2) is 10.7. The van der Waals surface area contributed by atoms with Crippen LogP contribution >= 0.6 is 0 Å². The van der Waals surface area contributed by atoms with Crippen molar-refractivity contribution in [1.29, 1.82) is 0 Å². The Morgan fingerprint density at radius 2 is 1.75 bits per heavy atom. The highest BCUT2D eigenvalue weighted by atomic mass is 16.5. The smallest absolute Gasteiger partial charge is 0.407 e. The number of aliphatic hydroxyl groups is 2. The van der Waals surface area contributed by atoms with Crippen LogP contribution in [0.3, 0.4) is 0 Å². The average Bonchev–Trinajstić information content (AvgIpc) is 2.71. The molecule has 0 saturated heterocycles. The quantitative estimate of drug-likeness (QED) is 0.263. The summed E-state index contributed by atoms with van der Waals surface area (Å²) in [6.45, 7) is -0.193. The molecule has 0 aliphatic carbocycles. The predicted molar refractivity (Wildman–Crippen MR) is 101 cm³/mol. The molecule has 0 aliphatic heterocycles. The van der Waals surface area contributed by atoms with E-state index < -0.39 is 24.2 Å². The van der Waals surface area contributed by atoms with Crippen molar-refractivity contribution in [3.05, 3.63) is 65.7 Å². The van der Waals surface area contributed by atoms with Crippen molar-refractivity contribution in [2.75, 3.05) is 11.9 Å². The lowest BCUT2D eigenvalue weighted by Gasteiger charge is -2.21. The van der Waals surface area contributed by atoms with Crippen LogP contribution < -0.4 is 10.6 Å². The van der Waals surface area contributed by atoms with Gasteiger partial charge in [-0.2, -0.15) is 0 Å². The molecule has 2 amide bonds. The first-order chi connectivity index (χ1) is 13.5. The molecule has 2 aromatic carbocycles. The van der Waals surface area contributed by atoms with E-state index in [1.807, 2.05) is 18.2 Å². The highest BCUT2D eigenvalue weighted by molar-refractivity contribution is 6.31. The Labute approximate surface area is 161 Å². The predicted octanol–water partition coefficient (Wildman–Crippen LogP) is 1.41. The number of anilines is 1. The van der Waals surface area contributed by atoms with Crippen LogP contribution in [0.4, 0.5) is 10.5 Å². The van der Waals surface area contributed by atoms with E-state index in [1.165, 1.54) is 12.1 Å². The second-order valence-corrected chi connectivity index (χ2v) is 5.78. The number of aliphatic hydroxyl groups excluding tert-OH is 2. The van der Waals surface area contributed by atoms with Gasteiger partial charge in [-0.15, -0.1) is 0 Å². The van der Waals surface area contributed by atoms with Crippen LogP contribution in [0.5, 0.6) is 0 Å². The average molecular weight is 387 g/mol. The van der Waals surface area contributed by atoms with Crippen molar-refractivity contribution in [1.82, 2.24) is 5.32 Å². The fraction of sp³-hybridized carbons (Fsp3) is 0.211. The van der Waals surface area contributed by atoms with Crippen LogP contribution in [0.2, 0.25) is 0 Å². The van der Waals surface area contributed by atoms with E-state index in [0.29, 0.717) is 6.21 Å². The van der Waals surface area contributed by atoms with Gasteiger partial charge in [0.2, 0.25) is 0 Å². The third-order valence-electron chi connectivity index (χ3n) is 3.75. The van der Waals surface area contributed by atoms with Gasteiger partial charge in [0.05, 0.1) is 0 Å². The number of nitrogens with one attached hydrogen (secondary N) is 2. The summed E-state index contributed by atoms with van der Waals surface area (Å²) in [5.74, 6) is -0.709. The maximum absolute atomic E-state index is 11.7. The van der Waals surface area contributed by atoms with E-state index >= 15 is 0 Å². The highest BCUT2D eigenvalue weighted by Gasteiger charge is 2.22. The molecule has 148 valence electrons. The summed E-state index contributed by atoms with van der Waals surface area (Å²) in [4.78, 5) is 23.3. The summed E-state index contributed by atoms with van der Waals surface area (Å²) >= 11 is 0. The molecule has 5 N–H and O–H groups in total. The van der Waals surface area contributed by atoms with Crippen LogP contribution in [0.1, 0.15) is 17.2 Å². The lowest BCUT2D eigenvalue weighted by molar-refractivity contribution is -0.110. The van der Waals surface area contributed by atoms with E-state index in [4.69, 9.17) is 9.94 Å². The Balaban J connectivity index is 1.89. The van der Waals surface area contributed by atoms with Gasteiger partial charge in [0.25, 0.3) is 5.91 Å². The Morgan fingerprint density at radius 3 is 2.46 bits per heavy atom. The number of oxime groups is 1. The fourth-order valence-electron chi connectivity index (χ4n) is 2.37. The number of alkyl carbamates (subject to hydrolysis) is 1. The van der Waals surface area contributed by atoms with Crippen LogP contribution in [-0.4, -0.2) is 46.3 Å². The minimum Gasteiger partial charge on any atom is -0.445 e. The molecule has 0 bridgehead atoms. The maximum atomic E-state index is 11.7. The Bertz CT molecular complexity index is 812. The molecular weight excluding hydrogens is 366 g/mol. The van der Waals surface area contributed by atoms with Gasteiger partial charge in [-0.3, -0.25) is 4.79 Å². The van der Waals surface area contributed by atoms with Gasteiger partial charge in [-0.25, -0.2) is 4.79 Å². The van der Waals surface area contributed by atoms with Crippen LogP contribution in [-0.2, 0) is 16.1 Å². The lowest BCUT2D eigenvalue weighted by Crippen LogP contribution is -2.36. The molecule has 2 unspecified atom stereocenters. The van der Waals surface area contributed by atoms with Crippen molar-refractivity contribution in [2.45, 2.75) is 18.8 Å². The first-order valence-corrected chi connectivity index (χ1v) is 8.39. The number of rotatable bonds is 8. The minimum atomic E-state index is -1.39. The standard InChI is InChI=1S/C19H21N3O6/c23-16(10-20-19(26)28-12-13-6-2-1-3-7-13)18(25)14-8-4-5-9-15(14)22-17(24)11-21-27/h1-9,11,16,18,23,25,27H,10,12H2,(H,20,26)(H,22,24). The van der Waals surface area contributed by atoms with E-state index in [2.05, 4.69) is 15.8 Å². The van der Waals surface area contributed by atoms with Gasteiger partial charge >= 0.3 is 6.09 Å². The van der Waals surface area contributed by atoms with Crippen molar-refractivity contribution < 1.29 is 29.7 Å². The number of nitrogens with zero attached hydrogens (tertiary/aromatic N) is 1. The molecule has 2 aromatic rings. The third kappa shape index (κ3) is 6.38. The first kappa shape index (κ1) is 20.9. The lowest BCUT2D eigenvalue weighted by atomic mass is 10.0. The van der Waals surface area contributed by atoms with Gasteiger partial charge in [0, 0.05) is 17.8 Å². The summed E-state index contributed by atoms with van der Waals surface area (Å²) < 4.78 is 5.03. The molecule has 0 spiro atoms. The summed E-state index contributed by atoms with van der Waals surface area (Å²) in [6, 6.07) is 15.3. The molecule has 9 heteroatoms.